The minimum Gasteiger partial charge on any atom is -0.497 e. The van der Waals surface area contributed by atoms with E-state index >= 15 is 0 Å². The number of piperazine rings is 1. The van der Waals surface area contributed by atoms with E-state index in [9.17, 15) is 19.2 Å². The summed E-state index contributed by atoms with van der Waals surface area (Å²) in [7, 11) is 4.81. The lowest BCUT2D eigenvalue weighted by atomic mass is 10.0. The highest BCUT2D eigenvalue weighted by atomic mass is 16.5. The summed E-state index contributed by atoms with van der Waals surface area (Å²) in [6.45, 7) is 4.85. The maximum Gasteiger partial charge on any atom is 0.407 e. The molecule has 214 valence electrons. The highest BCUT2D eigenvalue weighted by Crippen LogP contribution is 2.28. The Hall–Kier alpha value is -3.84. The summed E-state index contributed by atoms with van der Waals surface area (Å²) in [6, 6.07) is 6.17. The zero-order valence-corrected chi connectivity index (χ0v) is 22.8. The summed E-state index contributed by atoms with van der Waals surface area (Å²) in [5, 5.41) is 8.62. The number of carbonyl (C=O) groups excluding carboxylic acids is 4. The molecule has 13 nitrogen and oxygen atoms in total. The van der Waals surface area contributed by atoms with E-state index < -0.39 is 18.3 Å². The molecule has 2 heterocycles. The number of carbonyl (C=O) groups is 4. The Balaban J connectivity index is 1.73. The molecule has 39 heavy (non-hydrogen) atoms. The van der Waals surface area contributed by atoms with Gasteiger partial charge in [-0.3, -0.25) is 9.59 Å². The third-order valence-electron chi connectivity index (χ3n) is 6.57. The van der Waals surface area contributed by atoms with Gasteiger partial charge in [0.25, 0.3) is 0 Å². The van der Waals surface area contributed by atoms with Gasteiger partial charge in [0, 0.05) is 33.8 Å². The summed E-state index contributed by atoms with van der Waals surface area (Å²) < 4.78 is 15.3. The highest BCUT2D eigenvalue weighted by molar-refractivity contribution is 5.91. The van der Waals surface area contributed by atoms with E-state index in [4.69, 9.17) is 14.2 Å². The second-order valence-corrected chi connectivity index (χ2v) is 9.20. The number of rotatable bonds is 12. The van der Waals surface area contributed by atoms with Crippen molar-refractivity contribution in [2.75, 3.05) is 60.7 Å². The molecule has 0 aromatic heterocycles. The van der Waals surface area contributed by atoms with Crippen LogP contribution in [0.3, 0.4) is 0 Å². The van der Waals surface area contributed by atoms with Gasteiger partial charge < -0.3 is 34.6 Å². The van der Waals surface area contributed by atoms with Crippen molar-refractivity contribution in [1.29, 1.82) is 0 Å². The van der Waals surface area contributed by atoms with Crippen LogP contribution in [-0.2, 0) is 25.6 Å². The smallest absolute Gasteiger partial charge is 0.407 e. The van der Waals surface area contributed by atoms with Gasteiger partial charge in [-0.1, -0.05) is 24.8 Å². The molecule has 0 unspecified atom stereocenters. The highest BCUT2D eigenvalue weighted by Gasteiger charge is 2.50. The SMILES string of the molecule is C=CCOC(=O)NCCC[C@H]1C(=O)N(CCOC)C[C@H]2N1C(=O)CN(C)N2C(=O)NCc1ccc(OC)cc1. The molecule has 13 heteroatoms. The number of hydrogen-bond donors (Lipinski definition) is 2. The number of nitrogens with zero attached hydrogens (tertiary/aromatic N) is 4. The molecular weight excluding hydrogens is 508 g/mol. The Labute approximate surface area is 228 Å². The molecule has 2 aliphatic rings. The summed E-state index contributed by atoms with van der Waals surface area (Å²) in [6.07, 6.45) is 0.912. The minimum absolute atomic E-state index is 0.0551. The number of methoxy groups -OCH3 is 2. The van der Waals surface area contributed by atoms with E-state index in [2.05, 4.69) is 17.2 Å². The molecule has 2 atom stereocenters. The van der Waals surface area contributed by atoms with E-state index in [0.717, 1.165) is 5.56 Å². The first-order valence-electron chi connectivity index (χ1n) is 12.8. The topological polar surface area (TPSA) is 133 Å². The van der Waals surface area contributed by atoms with Crippen LogP contribution in [0, 0.1) is 0 Å². The number of ether oxygens (including phenoxy) is 3. The fourth-order valence-corrected chi connectivity index (χ4v) is 4.66. The van der Waals surface area contributed by atoms with Crippen molar-refractivity contribution in [3.63, 3.8) is 0 Å². The number of benzene rings is 1. The first-order valence-corrected chi connectivity index (χ1v) is 12.8. The fraction of sp³-hybridized carbons (Fsp3) is 0.538. The van der Waals surface area contributed by atoms with Crippen molar-refractivity contribution in [2.45, 2.75) is 31.6 Å². The molecule has 5 amide bonds. The third kappa shape index (κ3) is 7.60. The van der Waals surface area contributed by atoms with Gasteiger partial charge in [-0.2, -0.15) is 0 Å². The number of amides is 5. The fourth-order valence-electron chi connectivity index (χ4n) is 4.66. The summed E-state index contributed by atoms with van der Waals surface area (Å²) in [5.41, 5.74) is 0.884. The zero-order valence-electron chi connectivity index (χ0n) is 22.8. The number of urea groups is 1. The largest absolute Gasteiger partial charge is 0.497 e. The molecule has 0 radical (unpaired) electrons. The lowest BCUT2D eigenvalue weighted by Gasteiger charge is -2.54. The van der Waals surface area contributed by atoms with Crippen molar-refractivity contribution in [1.82, 2.24) is 30.5 Å². The standard InChI is InChI=1S/C26H38N6O7/c1-5-14-39-26(36)27-12-6-7-21-24(34)30(13-15-37-3)17-22-31(21)23(33)18-29(2)32(22)25(35)28-16-19-8-10-20(38-4)11-9-19/h5,8-11,21-22H,1,6-7,12-18H2,2-4H3,(H,27,36)(H,28,35)/t21-,22-/m0/s1. The lowest BCUT2D eigenvalue weighted by Crippen LogP contribution is -2.76. The van der Waals surface area contributed by atoms with Crippen molar-refractivity contribution >= 4 is 23.9 Å². The van der Waals surface area contributed by atoms with Gasteiger partial charge in [0.2, 0.25) is 11.8 Å². The van der Waals surface area contributed by atoms with Crippen molar-refractivity contribution in [3.8, 4) is 5.75 Å². The Morgan fingerprint density at radius 2 is 1.90 bits per heavy atom. The van der Waals surface area contributed by atoms with Crippen molar-refractivity contribution < 1.29 is 33.4 Å². The van der Waals surface area contributed by atoms with E-state index in [1.165, 1.54) is 16.0 Å². The van der Waals surface area contributed by atoms with Crippen molar-refractivity contribution in [3.05, 3.63) is 42.5 Å². The number of fused-ring (bicyclic) bond motifs is 1. The minimum atomic E-state index is -0.787. The van der Waals surface area contributed by atoms with Crippen LogP contribution in [0.15, 0.2) is 36.9 Å². The molecule has 2 N–H and O–H groups in total. The number of nitrogens with one attached hydrogen (secondary N) is 2. The first kappa shape index (κ1) is 29.7. The second kappa shape index (κ2) is 14.4. The predicted octanol–water partition coefficient (Wildman–Crippen LogP) is 0.772. The molecule has 0 bridgehead atoms. The molecular formula is C26H38N6O7. The van der Waals surface area contributed by atoms with E-state index in [1.54, 1.807) is 31.2 Å². The van der Waals surface area contributed by atoms with Gasteiger partial charge >= 0.3 is 12.1 Å². The predicted molar refractivity (Wildman–Crippen MR) is 141 cm³/mol. The van der Waals surface area contributed by atoms with E-state index in [-0.39, 0.29) is 50.6 Å². The number of alkyl carbamates (subject to hydrolysis) is 1. The Morgan fingerprint density at radius 3 is 2.56 bits per heavy atom. The van der Waals surface area contributed by atoms with Crippen LogP contribution in [0.1, 0.15) is 18.4 Å². The van der Waals surface area contributed by atoms with Crippen LogP contribution in [0.25, 0.3) is 0 Å². The van der Waals surface area contributed by atoms with Crippen LogP contribution < -0.4 is 15.4 Å². The Kier molecular flexibility index (Phi) is 10.9. The summed E-state index contributed by atoms with van der Waals surface area (Å²) in [5.74, 6) is 0.256. The van der Waals surface area contributed by atoms with Gasteiger partial charge in [0.05, 0.1) is 26.8 Å². The first-order chi connectivity index (χ1) is 18.8. The lowest BCUT2D eigenvalue weighted by molar-refractivity contribution is -0.187. The molecule has 1 aromatic carbocycles. The van der Waals surface area contributed by atoms with Crippen molar-refractivity contribution in [2.24, 2.45) is 0 Å². The molecule has 1 aromatic rings. The van der Waals surface area contributed by atoms with Crippen LogP contribution in [-0.4, -0.2) is 117 Å². The quantitative estimate of drug-likeness (QED) is 0.290. The maximum absolute atomic E-state index is 13.4. The van der Waals surface area contributed by atoms with Gasteiger partial charge in [0.1, 0.15) is 24.6 Å². The average molecular weight is 547 g/mol. The Bertz CT molecular complexity index is 1020. The third-order valence-corrected chi connectivity index (χ3v) is 6.57. The molecule has 3 rings (SSSR count). The molecule has 0 saturated carbocycles. The van der Waals surface area contributed by atoms with Gasteiger partial charge in [0.15, 0.2) is 0 Å². The van der Waals surface area contributed by atoms with E-state index in [0.29, 0.717) is 31.7 Å². The second-order valence-electron chi connectivity index (χ2n) is 9.20. The van der Waals surface area contributed by atoms with Gasteiger partial charge in [-0.25, -0.2) is 19.6 Å². The van der Waals surface area contributed by atoms with Gasteiger partial charge in [-0.15, -0.1) is 0 Å². The van der Waals surface area contributed by atoms with Crippen LogP contribution in [0.2, 0.25) is 0 Å². The molecule has 2 fully saturated rings. The van der Waals surface area contributed by atoms with Gasteiger partial charge in [-0.05, 0) is 30.5 Å². The zero-order chi connectivity index (χ0) is 28.4. The van der Waals surface area contributed by atoms with Crippen LogP contribution >= 0.6 is 0 Å². The Morgan fingerprint density at radius 1 is 1.15 bits per heavy atom. The summed E-state index contributed by atoms with van der Waals surface area (Å²) in [4.78, 5) is 54.9. The van der Waals surface area contributed by atoms with E-state index in [1.807, 2.05) is 24.3 Å². The summed E-state index contributed by atoms with van der Waals surface area (Å²) >= 11 is 0. The normalized spacial score (nSPS) is 19.4. The average Bonchev–Trinajstić information content (AvgIpc) is 2.93. The van der Waals surface area contributed by atoms with Crippen LogP contribution in [0.4, 0.5) is 9.59 Å². The number of likely N-dealkylation sites (N-methyl/N-ethyl adjacent to an activating group) is 1. The molecule has 0 spiro atoms. The monoisotopic (exact) mass is 546 g/mol. The molecule has 2 aliphatic heterocycles. The number of hydrogen-bond acceptors (Lipinski definition) is 8. The number of hydrazine groups is 1. The molecule has 2 saturated heterocycles. The van der Waals surface area contributed by atoms with Crippen LogP contribution in [0.5, 0.6) is 5.75 Å². The molecule has 0 aliphatic carbocycles. The maximum atomic E-state index is 13.4.